The third kappa shape index (κ3) is 5.62. The van der Waals surface area contributed by atoms with Crippen LogP contribution in [0.3, 0.4) is 0 Å². The van der Waals surface area contributed by atoms with Crippen LogP contribution in [0.2, 0.25) is 0 Å². The average Bonchev–Trinajstić information content (AvgIpc) is 3.14. The quantitative estimate of drug-likeness (QED) is 0.761. The number of amides is 1. The zero-order valence-corrected chi connectivity index (χ0v) is 15.6. The van der Waals surface area contributed by atoms with Crippen LogP contribution < -0.4 is 5.32 Å². The molecule has 2 aromatic rings. The van der Waals surface area contributed by atoms with Gasteiger partial charge in [-0.05, 0) is 56.1 Å². The SMILES string of the molecule is CC(Sc1ccccc1)C(=O)NCc1cccc(CN2CCCC2)c1. The Morgan fingerprint density at radius 2 is 1.80 bits per heavy atom. The van der Waals surface area contributed by atoms with E-state index in [1.165, 1.54) is 37.1 Å². The van der Waals surface area contributed by atoms with Gasteiger partial charge in [-0.2, -0.15) is 0 Å². The Balaban J connectivity index is 1.49. The maximum Gasteiger partial charge on any atom is 0.233 e. The molecule has 0 spiro atoms. The number of likely N-dealkylation sites (tertiary alicyclic amines) is 1. The fraction of sp³-hybridized carbons (Fsp3) is 0.381. The van der Waals surface area contributed by atoms with Crippen molar-refractivity contribution in [3.8, 4) is 0 Å². The highest BCUT2D eigenvalue weighted by atomic mass is 32.2. The zero-order chi connectivity index (χ0) is 17.5. The lowest BCUT2D eigenvalue weighted by Gasteiger charge is -2.16. The summed E-state index contributed by atoms with van der Waals surface area (Å²) in [6.45, 7) is 5.97. The molecule has 1 amide bonds. The summed E-state index contributed by atoms with van der Waals surface area (Å²) >= 11 is 1.59. The van der Waals surface area contributed by atoms with E-state index in [4.69, 9.17) is 0 Å². The Morgan fingerprint density at radius 3 is 2.56 bits per heavy atom. The van der Waals surface area contributed by atoms with E-state index in [2.05, 4.69) is 34.5 Å². The van der Waals surface area contributed by atoms with Crippen molar-refractivity contribution in [3.63, 3.8) is 0 Å². The van der Waals surface area contributed by atoms with Gasteiger partial charge in [-0.3, -0.25) is 9.69 Å². The second-order valence-corrected chi connectivity index (χ2v) is 8.01. The van der Waals surface area contributed by atoms with Crippen molar-refractivity contribution in [2.45, 2.75) is 43.0 Å². The zero-order valence-electron chi connectivity index (χ0n) is 14.8. The highest BCUT2D eigenvalue weighted by molar-refractivity contribution is 8.00. The highest BCUT2D eigenvalue weighted by Crippen LogP contribution is 2.22. The molecule has 1 aliphatic rings. The summed E-state index contributed by atoms with van der Waals surface area (Å²) in [4.78, 5) is 16.0. The first-order valence-electron chi connectivity index (χ1n) is 9.00. The summed E-state index contributed by atoms with van der Waals surface area (Å²) in [6.07, 6.45) is 2.62. The van der Waals surface area contributed by atoms with Gasteiger partial charge in [-0.1, -0.05) is 42.5 Å². The standard InChI is InChI=1S/C21H26N2OS/c1-17(25-20-10-3-2-4-11-20)21(24)22-15-18-8-7-9-19(14-18)16-23-12-5-6-13-23/h2-4,7-11,14,17H,5-6,12-13,15-16H2,1H3,(H,22,24). The average molecular weight is 355 g/mol. The number of nitrogens with one attached hydrogen (secondary N) is 1. The first-order chi connectivity index (χ1) is 12.2. The predicted octanol–water partition coefficient (Wildman–Crippen LogP) is 4.08. The molecule has 0 saturated carbocycles. The Morgan fingerprint density at radius 1 is 1.08 bits per heavy atom. The maximum absolute atomic E-state index is 12.3. The third-order valence-electron chi connectivity index (χ3n) is 4.49. The van der Waals surface area contributed by atoms with Gasteiger partial charge in [0.2, 0.25) is 5.91 Å². The number of hydrogen-bond acceptors (Lipinski definition) is 3. The Kier molecular flexibility index (Phi) is 6.54. The van der Waals surface area contributed by atoms with Crippen LogP contribution in [-0.2, 0) is 17.9 Å². The van der Waals surface area contributed by atoms with Crippen molar-refractivity contribution in [2.24, 2.45) is 0 Å². The molecular formula is C21H26N2OS. The molecule has 1 heterocycles. The van der Waals surface area contributed by atoms with Crippen LogP contribution in [0.5, 0.6) is 0 Å². The fourth-order valence-electron chi connectivity index (χ4n) is 3.13. The lowest BCUT2D eigenvalue weighted by Crippen LogP contribution is -2.30. The third-order valence-corrected chi connectivity index (χ3v) is 5.60. The minimum absolute atomic E-state index is 0.0822. The van der Waals surface area contributed by atoms with Gasteiger partial charge < -0.3 is 5.32 Å². The number of rotatable bonds is 7. The second kappa shape index (κ2) is 9.07. The van der Waals surface area contributed by atoms with E-state index in [-0.39, 0.29) is 11.2 Å². The van der Waals surface area contributed by atoms with Crippen LogP contribution in [0.15, 0.2) is 59.5 Å². The molecular weight excluding hydrogens is 328 g/mol. The van der Waals surface area contributed by atoms with Crippen molar-refractivity contribution >= 4 is 17.7 Å². The van der Waals surface area contributed by atoms with E-state index >= 15 is 0 Å². The monoisotopic (exact) mass is 354 g/mol. The summed E-state index contributed by atoms with van der Waals surface area (Å²) in [5.41, 5.74) is 2.50. The van der Waals surface area contributed by atoms with Crippen molar-refractivity contribution in [3.05, 3.63) is 65.7 Å². The fourth-order valence-corrected chi connectivity index (χ4v) is 4.04. The summed E-state index contributed by atoms with van der Waals surface area (Å²) in [5, 5.41) is 2.96. The minimum atomic E-state index is -0.102. The van der Waals surface area contributed by atoms with Gasteiger partial charge in [0, 0.05) is 18.0 Å². The topological polar surface area (TPSA) is 32.3 Å². The molecule has 2 aromatic carbocycles. The highest BCUT2D eigenvalue weighted by Gasteiger charge is 2.14. The molecule has 1 saturated heterocycles. The van der Waals surface area contributed by atoms with Crippen LogP contribution in [0, 0.1) is 0 Å². The van der Waals surface area contributed by atoms with Gasteiger partial charge in [0.15, 0.2) is 0 Å². The molecule has 1 atom stereocenters. The van der Waals surface area contributed by atoms with E-state index in [1.807, 2.05) is 37.3 Å². The largest absolute Gasteiger partial charge is 0.351 e. The molecule has 3 rings (SSSR count). The Bertz CT molecular complexity index is 683. The molecule has 1 fully saturated rings. The molecule has 1 N–H and O–H groups in total. The lowest BCUT2D eigenvalue weighted by atomic mass is 10.1. The van der Waals surface area contributed by atoms with E-state index in [9.17, 15) is 4.79 Å². The molecule has 3 nitrogen and oxygen atoms in total. The van der Waals surface area contributed by atoms with Crippen molar-refractivity contribution in [2.75, 3.05) is 13.1 Å². The smallest absolute Gasteiger partial charge is 0.233 e. The van der Waals surface area contributed by atoms with Gasteiger partial charge in [-0.15, -0.1) is 11.8 Å². The van der Waals surface area contributed by atoms with Crippen molar-refractivity contribution in [1.29, 1.82) is 0 Å². The Hall–Kier alpha value is -1.78. The van der Waals surface area contributed by atoms with E-state index < -0.39 is 0 Å². The van der Waals surface area contributed by atoms with E-state index in [0.717, 1.165) is 11.4 Å². The van der Waals surface area contributed by atoms with Gasteiger partial charge in [0.05, 0.1) is 5.25 Å². The molecule has 0 aliphatic carbocycles. The first kappa shape index (κ1) is 18.0. The van der Waals surface area contributed by atoms with E-state index in [1.54, 1.807) is 11.8 Å². The van der Waals surface area contributed by atoms with Gasteiger partial charge in [0.25, 0.3) is 0 Å². The molecule has 25 heavy (non-hydrogen) atoms. The lowest BCUT2D eigenvalue weighted by molar-refractivity contribution is -0.120. The number of carbonyl (C=O) groups is 1. The predicted molar refractivity (Wildman–Crippen MR) is 105 cm³/mol. The normalized spacial score (nSPS) is 15.9. The van der Waals surface area contributed by atoms with Crippen LogP contribution >= 0.6 is 11.8 Å². The summed E-state index contributed by atoms with van der Waals surface area (Å²) in [5.74, 6) is 0.0822. The molecule has 1 unspecified atom stereocenters. The van der Waals surface area contributed by atoms with Crippen molar-refractivity contribution in [1.82, 2.24) is 10.2 Å². The minimum Gasteiger partial charge on any atom is -0.351 e. The molecule has 4 heteroatoms. The number of benzene rings is 2. The number of thioether (sulfide) groups is 1. The molecule has 132 valence electrons. The number of nitrogens with zero attached hydrogens (tertiary/aromatic N) is 1. The first-order valence-corrected chi connectivity index (χ1v) is 9.88. The Labute approximate surface area is 154 Å². The number of carbonyl (C=O) groups excluding carboxylic acids is 1. The number of hydrogen-bond donors (Lipinski definition) is 1. The maximum atomic E-state index is 12.3. The van der Waals surface area contributed by atoms with Crippen LogP contribution in [0.1, 0.15) is 30.9 Å². The van der Waals surface area contributed by atoms with Gasteiger partial charge >= 0.3 is 0 Å². The second-order valence-electron chi connectivity index (χ2n) is 6.59. The van der Waals surface area contributed by atoms with Gasteiger partial charge in [0.1, 0.15) is 0 Å². The van der Waals surface area contributed by atoms with Crippen molar-refractivity contribution < 1.29 is 4.79 Å². The molecule has 1 aliphatic heterocycles. The summed E-state index contributed by atoms with van der Waals surface area (Å²) in [7, 11) is 0. The molecule has 0 bridgehead atoms. The molecule has 0 radical (unpaired) electrons. The molecule has 0 aromatic heterocycles. The van der Waals surface area contributed by atoms with Crippen LogP contribution in [-0.4, -0.2) is 29.1 Å². The summed E-state index contributed by atoms with van der Waals surface area (Å²) in [6, 6.07) is 18.6. The van der Waals surface area contributed by atoms with Crippen LogP contribution in [0.25, 0.3) is 0 Å². The summed E-state index contributed by atoms with van der Waals surface area (Å²) < 4.78 is 0. The van der Waals surface area contributed by atoms with E-state index in [0.29, 0.717) is 6.54 Å². The van der Waals surface area contributed by atoms with Gasteiger partial charge in [-0.25, -0.2) is 0 Å². The van der Waals surface area contributed by atoms with Crippen LogP contribution in [0.4, 0.5) is 0 Å².